The fourth-order valence-corrected chi connectivity index (χ4v) is 3.42. The van der Waals surface area contributed by atoms with Crippen LogP contribution in [0.4, 0.5) is 0 Å². The number of hydrogen-bond acceptors (Lipinski definition) is 3. The number of aromatic nitrogens is 1. The van der Waals surface area contributed by atoms with Crippen molar-refractivity contribution in [1.29, 1.82) is 0 Å². The predicted octanol–water partition coefficient (Wildman–Crippen LogP) is 2.59. The normalized spacial score (nSPS) is 13.8. The monoisotopic (exact) mass is 431 g/mol. The SMILES string of the molecule is CN=C(NCCc1ccc(OCC(=O)NC2CC2)cc1)N(C)Cc1cc(Cl)cn1C. The van der Waals surface area contributed by atoms with E-state index < -0.39 is 0 Å². The molecule has 1 fully saturated rings. The Balaban J connectivity index is 1.40. The molecule has 3 rings (SSSR count). The van der Waals surface area contributed by atoms with Crippen LogP contribution in [0.5, 0.6) is 5.75 Å². The lowest BCUT2D eigenvalue weighted by Gasteiger charge is -2.22. The first-order valence-electron chi connectivity index (χ1n) is 10.2. The third-order valence-corrected chi connectivity index (χ3v) is 5.19. The van der Waals surface area contributed by atoms with Gasteiger partial charge in [-0.1, -0.05) is 23.7 Å². The zero-order valence-corrected chi connectivity index (χ0v) is 18.6. The molecule has 162 valence electrons. The lowest BCUT2D eigenvalue weighted by molar-refractivity contribution is -0.123. The molecule has 0 radical (unpaired) electrons. The Kier molecular flexibility index (Phi) is 7.63. The van der Waals surface area contributed by atoms with Crippen LogP contribution in [0.1, 0.15) is 24.1 Å². The van der Waals surface area contributed by atoms with Gasteiger partial charge in [-0.2, -0.15) is 0 Å². The number of aliphatic imine (C=N–C) groups is 1. The number of hydrogen-bond donors (Lipinski definition) is 2. The van der Waals surface area contributed by atoms with Gasteiger partial charge in [0.05, 0.1) is 11.6 Å². The maximum Gasteiger partial charge on any atom is 0.258 e. The van der Waals surface area contributed by atoms with Crippen LogP contribution < -0.4 is 15.4 Å². The predicted molar refractivity (Wildman–Crippen MR) is 120 cm³/mol. The van der Waals surface area contributed by atoms with E-state index >= 15 is 0 Å². The smallest absolute Gasteiger partial charge is 0.258 e. The van der Waals surface area contributed by atoms with Gasteiger partial charge in [0.1, 0.15) is 5.75 Å². The highest BCUT2D eigenvalue weighted by Gasteiger charge is 2.23. The molecule has 0 bridgehead atoms. The average molecular weight is 432 g/mol. The first kappa shape index (κ1) is 22.0. The van der Waals surface area contributed by atoms with E-state index in [1.54, 1.807) is 7.05 Å². The second kappa shape index (κ2) is 10.4. The number of carbonyl (C=O) groups excluding carboxylic acids is 1. The minimum absolute atomic E-state index is 0.0566. The molecule has 0 aliphatic heterocycles. The minimum Gasteiger partial charge on any atom is -0.484 e. The van der Waals surface area contributed by atoms with E-state index in [9.17, 15) is 4.79 Å². The Hall–Kier alpha value is -2.67. The molecule has 30 heavy (non-hydrogen) atoms. The molecule has 0 unspecified atom stereocenters. The highest BCUT2D eigenvalue weighted by molar-refractivity contribution is 6.30. The molecular weight excluding hydrogens is 402 g/mol. The second-order valence-corrected chi connectivity index (χ2v) is 8.05. The molecule has 1 heterocycles. The molecule has 1 aliphatic carbocycles. The number of guanidine groups is 1. The Bertz CT molecular complexity index is 874. The van der Waals surface area contributed by atoms with E-state index in [4.69, 9.17) is 16.3 Å². The van der Waals surface area contributed by atoms with Gasteiger partial charge in [-0.05, 0) is 43.0 Å². The third kappa shape index (κ3) is 6.69. The Labute approximate surface area is 183 Å². The van der Waals surface area contributed by atoms with Crippen LogP contribution >= 0.6 is 11.6 Å². The van der Waals surface area contributed by atoms with E-state index in [1.807, 2.05) is 55.2 Å². The third-order valence-electron chi connectivity index (χ3n) is 4.98. The van der Waals surface area contributed by atoms with Crippen molar-refractivity contribution >= 4 is 23.5 Å². The Morgan fingerprint density at radius 2 is 2.07 bits per heavy atom. The van der Waals surface area contributed by atoms with Crippen molar-refractivity contribution in [1.82, 2.24) is 20.1 Å². The molecule has 1 aliphatic rings. The van der Waals surface area contributed by atoms with Crippen molar-refractivity contribution in [3.05, 3.63) is 52.8 Å². The first-order valence-corrected chi connectivity index (χ1v) is 10.6. The van der Waals surface area contributed by atoms with Crippen molar-refractivity contribution in [2.24, 2.45) is 12.0 Å². The summed E-state index contributed by atoms with van der Waals surface area (Å²) in [5.41, 5.74) is 2.30. The van der Waals surface area contributed by atoms with E-state index in [1.165, 1.54) is 5.56 Å². The lowest BCUT2D eigenvalue weighted by atomic mass is 10.1. The number of aryl methyl sites for hydroxylation is 1. The van der Waals surface area contributed by atoms with Gasteiger partial charge in [-0.25, -0.2) is 0 Å². The summed E-state index contributed by atoms with van der Waals surface area (Å²) >= 11 is 6.07. The molecule has 0 saturated heterocycles. The van der Waals surface area contributed by atoms with Gasteiger partial charge in [0.15, 0.2) is 12.6 Å². The van der Waals surface area contributed by atoms with Crippen LogP contribution in [0.3, 0.4) is 0 Å². The van der Waals surface area contributed by atoms with E-state index in [2.05, 4.69) is 20.5 Å². The first-order chi connectivity index (χ1) is 14.4. The largest absolute Gasteiger partial charge is 0.484 e. The fraction of sp³-hybridized carbons (Fsp3) is 0.455. The molecule has 1 aromatic heterocycles. The van der Waals surface area contributed by atoms with Gasteiger partial charge in [-0.15, -0.1) is 0 Å². The topological polar surface area (TPSA) is 70.9 Å². The lowest BCUT2D eigenvalue weighted by Crippen LogP contribution is -2.39. The van der Waals surface area contributed by atoms with Gasteiger partial charge in [0, 0.05) is 45.6 Å². The second-order valence-electron chi connectivity index (χ2n) is 7.62. The molecule has 8 heteroatoms. The van der Waals surface area contributed by atoms with Gasteiger partial charge in [0.25, 0.3) is 5.91 Å². The van der Waals surface area contributed by atoms with Crippen LogP contribution in [-0.4, -0.2) is 54.6 Å². The quantitative estimate of drug-likeness (QED) is 0.473. The zero-order chi connectivity index (χ0) is 21.5. The zero-order valence-electron chi connectivity index (χ0n) is 17.8. The molecule has 0 spiro atoms. The van der Waals surface area contributed by atoms with Gasteiger partial charge in [-0.3, -0.25) is 9.79 Å². The minimum atomic E-state index is -0.0566. The van der Waals surface area contributed by atoms with Gasteiger partial charge >= 0.3 is 0 Å². The summed E-state index contributed by atoms with van der Waals surface area (Å²) in [5, 5.41) is 7.04. The summed E-state index contributed by atoms with van der Waals surface area (Å²) in [5.74, 6) is 1.47. The van der Waals surface area contributed by atoms with Gasteiger partial charge in [0.2, 0.25) is 0 Å². The maximum absolute atomic E-state index is 11.7. The molecule has 1 aromatic carbocycles. The number of amides is 1. The number of carbonyl (C=O) groups is 1. The van der Waals surface area contributed by atoms with E-state index in [0.717, 1.165) is 42.5 Å². The van der Waals surface area contributed by atoms with Crippen molar-refractivity contribution in [3.63, 3.8) is 0 Å². The van der Waals surface area contributed by atoms with Crippen LogP contribution in [0.15, 0.2) is 41.5 Å². The Morgan fingerprint density at radius 1 is 1.33 bits per heavy atom. The number of ether oxygens (including phenoxy) is 1. The van der Waals surface area contributed by atoms with Crippen LogP contribution in [0.25, 0.3) is 0 Å². The van der Waals surface area contributed by atoms with Crippen molar-refractivity contribution in [2.45, 2.75) is 31.8 Å². The van der Waals surface area contributed by atoms with Crippen molar-refractivity contribution in [3.8, 4) is 5.75 Å². The number of nitrogens with one attached hydrogen (secondary N) is 2. The fourth-order valence-electron chi connectivity index (χ4n) is 3.14. The molecule has 1 amide bonds. The molecule has 2 N–H and O–H groups in total. The van der Waals surface area contributed by atoms with Crippen molar-refractivity contribution in [2.75, 3.05) is 27.2 Å². The summed E-state index contributed by atoms with van der Waals surface area (Å²) in [6.07, 6.45) is 4.91. The number of halogens is 1. The van der Waals surface area contributed by atoms with Crippen LogP contribution in [0, 0.1) is 0 Å². The molecule has 1 saturated carbocycles. The summed E-state index contributed by atoms with van der Waals surface area (Å²) in [4.78, 5) is 18.1. The van der Waals surface area contributed by atoms with Crippen molar-refractivity contribution < 1.29 is 9.53 Å². The number of rotatable bonds is 9. The summed E-state index contributed by atoms with van der Waals surface area (Å²) < 4.78 is 7.57. The van der Waals surface area contributed by atoms with E-state index in [-0.39, 0.29) is 12.5 Å². The molecular formula is C22H30ClN5O2. The van der Waals surface area contributed by atoms with Crippen LogP contribution in [-0.2, 0) is 24.8 Å². The molecule has 7 nitrogen and oxygen atoms in total. The highest BCUT2D eigenvalue weighted by atomic mass is 35.5. The number of nitrogens with zero attached hydrogens (tertiary/aromatic N) is 3. The average Bonchev–Trinajstić information content (AvgIpc) is 3.47. The van der Waals surface area contributed by atoms with Gasteiger partial charge < -0.3 is 24.8 Å². The molecule has 2 aromatic rings. The number of benzene rings is 1. The highest BCUT2D eigenvalue weighted by Crippen LogP contribution is 2.18. The Morgan fingerprint density at radius 3 is 2.67 bits per heavy atom. The summed E-state index contributed by atoms with van der Waals surface area (Å²) in [7, 11) is 5.77. The van der Waals surface area contributed by atoms with Crippen LogP contribution in [0.2, 0.25) is 5.02 Å². The molecule has 0 atom stereocenters. The van der Waals surface area contributed by atoms with E-state index in [0.29, 0.717) is 18.3 Å². The summed E-state index contributed by atoms with van der Waals surface area (Å²) in [6.45, 7) is 1.53. The maximum atomic E-state index is 11.7. The standard InChI is InChI=1S/C22H30ClN5O2/c1-24-22(28(3)14-19-12-17(23)13-27(19)2)25-11-10-16-4-8-20(9-5-16)30-15-21(29)26-18-6-7-18/h4-5,8-9,12-13,18H,6-7,10-11,14-15H2,1-3H3,(H,24,25)(H,26,29). The summed E-state index contributed by atoms with van der Waals surface area (Å²) in [6, 6.07) is 10.2.